The monoisotopic (exact) mass is 281 g/mol. The molecular weight excluding hydrogens is 269 g/mol. The minimum Gasteiger partial charge on any atom is -0.257 e. The van der Waals surface area contributed by atoms with Crippen LogP contribution in [-0.4, -0.2) is 4.22 Å². The van der Waals surface area contributed by atoms with E-state index in [1.54, 1.807) is 16.0 Å². The van der Waals surface area contributed by atoms with Crippen LogP contribution >= 0.6 is 34.4 Å². The molecule has 0 spiro atoms. The summed E-state index contributed by atoms with van der Waals surface area (Å²) in [6, 6.07) is 0. The molecule has 0 fully saturated rings. The fraction of sp³-hybridized carbons (Fsp3) is 0.375. The molecule has 0 heterocycles. The van der Waals surface area contributed by atoms with Crippen LogP contribution in [0.2, 0.25) is 0 Å². The summed E-state index contributed by atoms with van der Waals surface area (Å²) < 4.78 is 1.75. The number of nitrogens with zero attached hydrogens (tertiary/aromatic N) is 1. The molecule has 0 aromatic heterocycles. The second-order valence-electron chi connectivity index (χ2n) is 2.22. The zero-order valence-corrected chi connectivity index (χ0v) is 9.72. The molecule has 0 unspecified atom stereocenters. The van der Waals surface area contributed by atoms with Crippen molar-refractivity contribution < 1.29 is 0 Å². The van der Waals surface area contributed by atoms with Gasteiger partial charge in [-0.05, 0) is 33.9 Å². The van der Waals surface area contributed by atoms with Gasteiger partial charge >= 0.3 is 0 Å². The summed E-state index contributed by atoms with van der Waals surface area (Å²) in [5.41, 5.74) is 0. The van der Waals surface area contributed by atoms with Crippen molar-refractivity contribution in [3.05, 3.63) is 23.1 Å². The normalized spacial score (nSPS) is 12.9. The average molecular weight is 281 g/mol. The van der Waals surface area contributed by atoms with E-state index in [1.165, 1.54) is 4.91 Å². The molecule has 0 radical (unpaired) electrons. The van der Waals surface area contributed by atoms with Gasteiger partial charge in [0, 0.05) is 11.1 Å². The van der Waals surface area contributed by atoms with Crippen molar-refractivity contribution in [1.82, 2.24) is 0 Å². The predicted molar refractivity (Wildman–Crippen MR) is 63.2 cm³/mol. The average Bonchev–Trinajstić information content (AvgIpc) is 1.97. The van der Waals surface area contributed by atoms with Crippen LogP contribution in [-0.2, 0) is 0 Å². The van der Waals surface area contributed by atoms with Crippen LogP contribution in [0.15, 0.2) is 28.1 Å². The summed E-state index contributed by atoms with van der Waals surface area (Å²) in [5, 5.41) is 1.83. The number of rotatable bonds is 4. The summed E-state index contributed by atoms with van der Waals surface area (Å²) in [6.45, 7) is 7.95. The Morgan fingerprint density at radius 3 is 2.64 bits per heavy atom. The highest BCUT2D eigenvalue weighted by Gasteiger charge is 1.99. The van der Waals surface area contributed by atoms with E-state index in [-0.39, 0.29) is 0 Å². The second-order valence-corrected chi connectivity index (χ2v) is 3.81. The van der Waals surface area contributed by atoms with Gasteiger partial charge in [-0.15, -0.1) is 11.8 Å². The third-order valence-electron chi connectivity index (χ3n) is 1.05. The van der Waals surface area contributed by atoms with Gasteiger partial charge in [0.25, 0.3) is 0 Å². The molecule has 62 valence electrons. The topological polar surface area (TPSA) is 12.4 Å². The number of halogens is 1. The van der Waals surface area contributed by atoms with Crippen molar-refractivity contribution in [2.75, 3.05) is 0 Å². The maximum atomic E-state index is 4.04. The van der Waals surface area contributed by atoms with Crippen molar-refractivity contribution in [1.29, 1.82) is 0 Å². The highest BCUT2D eigenvalue weighted by molar-refractivity contribution is 14.1. The lowest BCUT2D eigenvalue weighted by molar-refractivity contribution is 0.815. The summed E-state index contributed by atoms with van der Waals surface area (Å²) in [4.78, 5) is 5.29. The smallest absolute Gasteiger partial charge is 0.0651 e. The molecule has 0 aliphatic carbocycles. The Bertz CT molecular complexity index is 173. The predicted octanol–water partition coefficient (Wildman–Crippen LogP) is 3.82. The summed E-state index contributed by atoms with van der Waals surface area (Å²) in [5.74, 6) is 0.526. The first kappa shape index (κ1) is 11.2. The highest BCUT2D eigenvalue weighted by Crippen LogP contribution is 2.24. The molecule has 11 heavy (non-hydrogen) atoms. The van der Waals surface area contributed by atoms with Crippen molar-refractivity contribution in [3.63, 3.8) is 0 Å². The molecule has 0 atom stereocenters. The summed E-state index contributed by atoms with van der Waals surface area (Å²) in [7, 11) is 0. The van der Waals surface area contributed by atoms with Crippen molar-refractivity contribution in [3.8, 4) is 0 Å². The van der Waals surface area contributed by atoms with Crippen LogP contribution in [0.4, 0.5) is 0 Å². The van der Waals surface area contributed by atoms with Gasteiger partial charge in [0.2, 0.25) is 0 Å². The van der Waals surface area contributed by atoms with Gasteiger partial charge in [-0.25, -0.2) is 0 Å². The molecule has 0 aromatic carbocycles. The van der Waals surface area contributed by atoms with Crippen LogP contribution < -0.4 is 0 Å². The van der Waals surface area contributed by atoms with Gasteiger partial charge in [-0.2, -0.15) is 0 Å². The molecule has 0 saturated heterocycles. The molecule has 0 amide bonds. The van der Waals surface area contributed by atoms with Crippen LogP contribution in [0.1, 0.15) is 13.8 Å². The van der Waals surface area contributed by atoms with Gasteiger partial charge in [0.15, 0.2) is 0 Å². The zero-order chi connectivity index (χ0) is 8.69. The SMILES string of the molecule is C=CS/C(=C\N=CI)C(C)C. The lowest BCUT2D eigenvalue weighted by Crippen LogP contribution is -1.86. The Balaban J connectivity index is 4.18. The third kappa shape index (κ3) is 5.49. The van der Waals surface area contributed by atoms with Gasteiger partial charge in [0.1, 0.15) is 0 Å². The molecule has 0 saturated carbocycles. The molecule has 0 rings (SSSR count). The van der Waals surface area contributed by atoms with E-state index in [0.29, 0.717) is 5.92 Å². The van der Waals surface area contributed by atoms with Gasteiger partial charge in [0.05, 0.1) is 4.22 Å². The number of aliphatic imine (C=N–C) groups is 1. The molecule has 1 nitrogen and oxygen atoms in total. The van der Waals surface area contributed by atoms with Crippen molar-refractivity contribution >= 4 is 38.6 Å². The Kier molecular flexibility index (Phi) is 7.06. The van der Waals surface area contributed by atoms with Gasteiger partial charge in [-0.1, -0.05) is 20.4 Å². The Labute approximate surface area is 86.2 Å². The first-order valence-corrected chi connectivity index (χ1v) is 5.44. The molecular formula is C8H12INS. The van der Waals surface area contributed by atoms with E-state index in [1.807, 2.05) is 11.6 Å². The first-order chi connectivity index (χ1) is 5.22. The van der Waals surface area contributed by atoms with Crippen LogP contribution in [0.3, 0.4) is 0 Å². The molecule has 0 aliphatic rings. The van der Waals surface area contributed by atoms with E-state index < -0.39 is 0 Å². The van der Waals surface area contributed by atoms with Crippen LogP contribution in [0, 0.1) is 5.92 Å². The first-order valence-electron chi connectivity index (χ1n) is 3.31. The molecule has 0 aliphatic heterocycles. The zero-order valence-electron chi connectivity index (χ0n) is 6.75. The third-order valence-corrected chi connectivity index (χ3v) is 2.38. The van der Waals surface area contributed by atoms with E-state index in [9.17, 15) is 0 Å². The summed E-state index contributed by atoms with van der Waals surface area (Å²) >= 11 is 3.73. The van der Waals surface area contributed by atoms with Crippen molar-refractivity contribution in [2.24, 2.45) is 10.9 Å². The van der Waals surface area contributed by atoms with E-state index in [2.05, 4.69) is 48.0 Å². The molecule has 0 aromatic rings. The Morgan fingerprint density at radius 2 is 2.27 bits per heavy atom. The number of hydrogen-bond donors (Lipinski definition) is 0. The standard InChI is InChI=1S/C8H12INS/c1-4-11-8(7(2)3)5-10-6-9/h4-7H,1H2,2-3H3/b8-5-,10-6?. The van der Waals surface area contributed by atoms with Gasteiger partial charge < -0.3 is 0 Å². The highest BCUT2D eigenvalue weighted by atomic mass is 127. The van der Waals surface area contributed by atoms with Crippen LogP contribution in [0.5, 0.6) is 0 Å². The number of thioether (sulfide) groups is 1. The number of allylic oxidation sites excluding steroid dienone is 1. The molecule has 0 N–H and O–H groups in total. The molecule has 3 heteroatoms. The van der Waals surface area contributed by atoms with Crippen molar-refractivity contribution in [2.45, 2.75) is 13.8 Å². The van der Waals surface area contributed by atoms with Gasteiger partial charge in [-0.3, -0.25) is 4.99 Å². The fourth-order valence-electron chi connectivity index (χ4n) is 0.513. The largest absolute Gasteiger partial charge is 0.257 e. The quantitative estimate of drug-likeness (QED) is 0.563. The van der Waals surface area contributed by atoms with E-state index in [4.69, 9.17) is 0 Å². The minimum absolute atomic E-state index is 0.526. The fourth-order valence-corrected chi connectivity index (χ4v) is 1.26. The van der Waals surface area contributed by atoms with E-state index >= 15 is 0 Å². The number of hydrogen-bond acceptors (Lipinski definition) is 2. The Hall–Kier alpha value is 0.230. The molecule has 0 bridgehead atoms. The summed E-state index contributed by atoms with van der Waals surface area (Å²) in [6.07, 6.45) is 1.88. The second kappa shape index (κ2) is 6.91. The van der Waals surface area contributed by atoms with E-state index in [0.717, 1.165) is 0 Å². The Morgan fingerprint density at radius 1 is 1.64 bits per heavy atom. The maximum absolute atomic E-state index is 4.04. The van der Waals surface area contributed by atoms with Crippen LogP contribution in [0.25, 0.3) is 0 Å². The lowest BCUT2D eigenvalue weighted by Gasteiger charge is -2.05. The minimum atomic E-state index is 0.526. The maximum Gasteiger partial charge on any atom is 0.0651 e. The lowest BCUT2D eigenvalue weighted by atomic mass is 10.2.